The van der Waals surface area contributed by atoms with Crippen LogP contribution in [-0.4, -0.2) is 22.1 Å². The minimum absolute atomic E-state index is 0.147. The predicted octanol–water partition coefficient (Wildman–Crippen LogP) is 5.01. The van der Waals surface area contributed by atoms with E-state index in [0.29, 0.717) is 11.3 Å². The van der Waals surface area contributed by atoms with E-state index in [9.17, 15) is 13.2 Å². The number of rotatable bonds is 4. The Kier molecular flexibility index (Phi) is 4.94. The monoisotopic (exact) mass is 381 g/mol. The molecule has 0 bridgehead atoms. The van der Waals surface area contributed by atoms with Crippen molar-refractivity contribution in [3.8, 4) is 28.9 Å². The van der Waals surface area contributed by atoms with E-state index in [2.05, 4.69) is 15.0 Å². The van der Waals surface area contributed by atoms with Crippen LogP contribution in [0.4, 0.5) is 13.2 Å². The summed E-state index contributed by atoms with van der Waals surface area (Å²) < 4.78 is 48.8. The van der Waals surface area contributed by atoms with Gasteiger partial charge in [-0.2, -0.15) is 23.1 Å². The van der Waals surface area contributed by atoms with E-state index in [4.69, 9.17) is 21.1 Å². The van der Waals surface area contributed by atoms with Crippen molar-refractivity contribution < 1.29 is 22.6 Å². The third kappa shape index (κ3) is 4.20. The number of methoxy groups -OCH3 is 1. The average Bonchev–Trinajstić information content (AvgIpc) is 2.61. The SMILES string of the molecule is COc1cc(Oc2ccnc(Cl)c2)nc(-c2ccc(C(F)(F)F)cc2)n1. The fraction of sp³-hybridized carbons (Fsp3) is 0.118. The lowest BCUT2D eigenvalue weighted by molar-refractivity contribution is -0.137. The Morgan fingerprint density at radius 3 is 2.27 bits per heavy atom. The van der Waals surface area contributed by atoms with Crippen LogP contribution in [0.2, 0.25) is 5.15 Å². The molecule has 0 saturated heterocycles. The summed E-state index contributed by atoms with van der Waals surface area (Å²) in [6.07, 6.45) is -2.95. The normalized spacial score (nSPS) is 11.3. The first-order chi connectivity index (χ1) is 12.3. The van der Waals surface area contributed by atoms with Gasteiger partial charge in [-0.3, -0.25) is 0 Å². The van der Waals surface area contributed by atoms with E-state index in [1.54, 1.807) is 6.07 Å². The Labute approximate surface area is 151 Å². The summed E-state index contributed by atoms with van der Waals surface area (Å²) in [6.45, 7) is 0. The van der Waals surface area contributed by atoms with Gasteiger partial charge in [0.2, 0.25) is 11.8 Å². The highest BCUT2D eigenvalue weighted by Crippen LogP contribution is 2.31. The van der Waals surface area contributed by atoms with Gasteiger partial charge in [-0.15, -0.1) is 0 Å². The molecule has 3 rings (SSSR count). The summed E-state index contributed by atoms with van der Waals surface area (Å²) >= 11 is 5.81. The molecule has 2 heterocycles. The first kappa shape index (κ1) is 17.9. The van der Waals surface area contributed by atoms with Crippen molar-refractivity contribution >= 4 is 11.6 Å². The van der Waals surface area contributed by atoms with Gasteiger partial charge in [-0.1, -0.05) is 23.7 Å². The molecule has 0 fully saturated rings. The lowest BCUT2D eigenvalue weighted by Gasteiger charge is -2.10. The summed E-state index contributed by atoms with van der Waals surface area (Å²) in [5.41, 5.74) is -0.374. The fourth-order valence-corrected chi connectivity index (χ4v) is 2.23. The minimum atomic E-state index is -4.41. The molecular weight excluding hydrogens is 371 g/mol. The van der Waals surface area contributed by atoms with Gasteiger partial charge < -0.3 is 9.47 Å². The molecule has 1 aromatic carbocycles. The second kappa shape index (κ2) is 7.17. The minimum Gasteiger partial charge on any atom is -0.481 e. The first-order valence-corrected chi connectivity index (χ1v) is 7.63. The number of hydrogen-bond donors (Lipinski definition) is 0. The van der Waals surface area contributed by atoms with Gasteiger partial charge in [0.25, 0.3) is 0 Å². The molecule has 0 radical (unpaired) electrons. The quantitative estimate of drug-likeness (QED) is 0.594. The molecule has 3 aromatic rings. The molecule has 0 saturated carbocycles. The van der Waals surface area contributed by atoms with Crippen LogP contribution >= 0.6 is 11.6 Å². The van der Waals surface area contributed by atoms with Crippen LogP contribution < -0.4 is 9.47 Å². The highest BCUT2D eigenvalue weighted by Gasteiger charge is 2.30. The van der Waals surface area contributed by atoms with Crippen molar-refractivity contribution in [3.05, 3.63) is 59.4 Å². The molecule has 2 aromatic heterocycles. The van der Waals surface area contributed by atoms with E-state index in [1.165, 1.54) is 37.6 Å². The molecule has 0 unspecified atom stereocenters. The highest BCUT2D eigenvalue weighted by molar-refractivity contribution is 6.29. The first-order valence-electron chi connectivity index (χ1n) is 7.25. The van der Waals surface area contributed by atoms with Crippen LogP contribution in [0.25, 0.3) is 11.4 Å². The van der Waals surface area contributed by atoms with Crippen molar-refractivity contribution in [1.29, 1.82) is 0 Å². The summed E-state index contributed by atoms with van der Waals surface area (Å²) in [5.74, 6) is 0.899. The second-order valence-corrected chi connectivity index (χ2v) is 5.45. The molecule has 0 N–H and O–H groups in total. The number of halogens is 4. The molecular formula is C17H11ClF3N3O2. The van der Waals surface area contributed by atoms with E-state index in [-0.39, 0.29) is 22.7 Å². The van der Waals surface area contributed by atoms with Crippen molar-refractivity contribution in [2.24, 2.45) is 0 Å². The zero-order valence-electron chi connectivity index (χ0n) is 13.3. The fourth-order valence-electron chi connectivity index (χ4n) is 2.07. The third-order valence-corrected chi connectivity index (χ3v) is 3.49. The maximum Gasteiger partial charge on any atom is 0.416 e. The Bertz CT molecular complexity index is 918. The van der Waals surface area contributed by atoms with E-state index in [0.717, 1.165) is 12.1 Å². The summed E-state index contributed by atoms with van der Waals surface area (Å²) in [6, 6.07) is 9.01. The number of benzene rings is 1. The van der Waals surface area contributed by atoms with Crippen LogP contribution in [0.5, 0.6) is 17.5 Å². The van der Waals surface area contributed by atoms with Gasteiger partial charge in [-0.05, 0) is 18.2 Å². The standard InChI is InChI=1S/C17H11ClF3N3O2/c1-25-14-9-15(26-12-6-7-22-13(18)8-12)24-16(23-14)10-2-4-11(5-3-10)17(19,20)21/h2-9H,1H3. The van der Waals surface area contributed by atoms with Crippen LogP contribution in [0.3, 0.4) is 0 Å². The van der Waals surface area contributed by atoms with E-state index >= 15 is 0 Å². The van der Waals surface area contributed by atoms with Crippen LogP contribution in [0.15, 0.2) is 48.7 Å². The van der Waals surface area contributed by atoms with E-state index in [1.807, 2.05) is 0 Å². The molecule has 134 valence electrons. The van der Waals surface area contributed by atoms with Gasteiger partial charge >= 0.3 is 6.18 Å². The number of hydrogen-bond acceptors (Lipinski definition) is 5. The van der Waals surface area contributed by atoms with Gasteiger partial charge in [0.05, 0.1) is 18.7 Å². The maximum absolute atomic E-state index is 12.7. The van der Waals surface area contributed by atoms with Gasteiger partial charge in [-0.25, -0.2) is 4.98 Å². The van der Waals surface area contributed by atoms with Gasteiger partial charge in [0.15, 0.2) is 5.82 Å². The summed E-state index contributed by atoms with van der Waals surface area (Å²) in [4.78, 5) is 12.2. The summed E-state index contributed by atoms with van der Waals surface area (Å²) in [5, 5.41) is 0.242. The molecule has 0 spiro atoms. The Morgan fingerprint density at radius 2 is 1.65 bits per heavy atom. The van der Waals surface area contributed by atoms with Crippen LogP contribution in [0, 0.1) is 0 Å². The highest BCUT2D eigenvalue weighted by atomic mass is 35.5. The Balaban J connectivity index is 1.95. The summed E-state index contributed by atoms with van der Waals surface area (Å²) in [7, 11) is 1.41. The molecule has 0 amide bonds. The molecule has 0 aliphatic carbocycles. The predicted molar refractivity (Wildman–Crippen MR) is 88.3 cm³/mol. The maximum atomic E-state index is 12.7. The second-order valence-electron chi connectivity index (χ2n) is 5.06. The molecule has 26 heavy (non-hydrogen) atoms. The van der Waals surface area contributed by atoms with Crippen LogP contribution in [0.1, 0.15) is 5.56 Å². The number of pyridine rings is 1. The van der Waals surface area contributed by atoms with Crippen molar-refractivity contribution in [2.75, 3.05) is 7.11 Å². The lowest BCUT2D eigenvalue weighted by atomic mass is 10.1. The molecule has 9 heteroatoms. The van der Waals surface area contributed by atoms with Crippen LogP contribution in [-0.2, 0) is 6.18 Å². The molecule has 5 nitrogen and oxygen atoms in total. The van der Waals surface area contributed by atoms with Gasteiger partial charge in [0, 0.05) is 17.8 Å². The third-order valence-electron chi connectivity index (χ3n) is 3.28. The zero-order valence-corrected chi connectivity index (χ0v) is 14.0. The van der Waals surface area contributed by atoms with Crippen molar-refractivity contribution in [2.45, 2.75) is 6.18 Å². The number of nitrogens with zero attached hydrogens (tertiary/aromatic N) is 3. The van der Waals surface area contributed by atoms with Crippen molar-refractivity contribution in [3.63, 3.8) is 0 Å². The average molecular weight is 382 g/mol. The lowest BCUT2D eigenvalue weighted by Crippen LogP contribution is -2.04. The number of aromatic nitrogens is 3. The molecule has 0 aliphatic heterocycles. The number of ether oxygens (including phenoxy) is 2. The number of alkyl halides is 3. The largest absolute Gasteiger partial charge is 0.481 e. The Hall–Kier alpha value is -2.87. The smallest absolute Gasteiger partial charge is 0.416 e. The Morgan fingerprint density at radius 1 is 0.962 bits per heavy atom. The molecule has 0 atom stereocenters. The zero-order chi connectivity index (χ0) is 18.7. The molecule has 0 aliphatic rings. The van der Waals surface area contributed by atoms with Crippen molar-refractivity contribution in [1.82, 2.24) is 15.0 Å². The van der Waals surface area contributed by atoms with E-state index < -0.39 is 11.7 Å². The topological polar surface area (TPSA) is 57.1 Å². The van der Waals surface area contributed by atoms with Gasteiger partial charge in [0.1, 0.15) is 10.9 Å².